The van der Waals surface area contributed by atoms with Gasteiger partial charge in [0.05, 0.1) is 12.1 Å². The third-order valence-corrected chi connectivity index (χ3v) is 6.30. The number of rotatable bonds is 14. The smallest absolute Gasteiger partial charge is 0.247 e. The number of nitrogens with one attached hydrogen (secondary N) is 1. The number of hydrogen-bond acceptors (Lipinski definition) is 6. The van der Waals surface area contributed by atoms with Crippen LogP contribution in [-0.2, 0) is 27.4 Å². The molecule has 0 aliphatic carbocycles. The number of aromatic nitrogens is 3. The molecule has 0 aliphatic heterocycles. The molecule has 39 heavy (non-hydrogen) atoms. The molecule has 1 aromatic heterocycles. The molecular formula is C30H35N5O4. The molecule has 4 rings (SSSR count). The van der Waals surface area contributed by atoms with Crippen LogP contribution < -0.4 is 10.1 Å². The molecule has 1 heterocycles. The summed E-state index contributed by atoms with van der Waals surface area (Å²) in [6.07, 6.45) is 0.566. The molecule has 0 bridgehead atoms. The summed E-state index contributed by atoms with van der Waals surface area (Å²) in [6.45, 7) is 5.88. The first-order valence-electron chi connectivity index (χ1n) is 13.3. The number of para-hydroxylation sites is 2. The van der Waals surface area contributed by atoms with E-state index in [1.165, 1.54) is 0 Å². The predicted octanol–water partition coefficient (Wildman–Crippen LogP) is 4.14. The van der Waals surface area contributed by atoms with E-state index >= 15 is 0 Å². The zero-order chi connectivity index (χ0) is 27.5. The average Bonchev–Trinajstić information content (AvgIpc) is 3.37. The Kier molecular flexibility index (Phi) is 10.0. The Morgan fingerprint density at radius 3 is 2.49 bits per heavy atom. The lowest BCUT2D eigenvalue weighted by Gasteiger charge is -2.32. The molecular weight excluding hydrogens is 494 g/mol. The van der Waals surface area contributed by atoms with Gasteiger partial charge in [-0.2, -0.15) is 0 Å². The van der Waals surface area contributed by atoms with Crippen molar-refractivity contribution >= 4 is 22.8 Å². The molecule has 0 saturated carbocycles. The Hall–Kier alpha value is -4.24. The summed E-state index contributed by atoms with van der Waals surface area (Å²) in [4.78, 5) is 29.5. The highest BCUT2D eigenvalue weighted by molar-refractivity contribution is 5.89. The minimum atomic E-state index is -0.916. The first kappa shape index (κ1) is 27.8. The number of carbonyl (C=O) groups excluding carboxylic acids is 2. The molecule has 9 heteroatoms. The van der Waals surface area contributed by atoms with Crippen LogP contribution in [0.25, 0.3) is 11.0 Å². The van der Waals surface area contributed by atoms with E-state index in [0.717, 1.165) is 11.1 Å². The van der Waals surface area contributed by atoms with Gasteiger partial charge in [-0.1, -0.05) is 65.9 Å². The summed E-state index contributed by atoms with van der Waals surface area (Å²) >= 11 is 0. The summed E-state index contributed by atoms with van der Waals surface area (Å²) in [5, 5.41) is 11.4. The molecule has 3 aromatic carbocycles. The van der Waals surface area contributed by atoms with Crippen molar-refractivity contribution < 1.29 is 19.1 Å². The zero-order valence-corrected chi connectivity index (χ0v) is 22.5. The van der Waals surface area contributed by atoms with E-state index in [2.05, 4.69) is 15.6 Å². The second kappa shape index (κ2) is 14.1. The van der Waals surface area contributed by atoms with Gasteiger partial charge in [0.25, 0.3) is 0 Å². The number of hydrogen-bond donors (Lipinski definition) is 1. The second-order valence-electron chi connectivity index (χ2n) is 8.95. The largest absolute Gasteiger partial charge is 0.494 e. The van der Waals surface area contributed by atoms with Crippen LogP contribution in [0.1, 0.15) is 37.4 Å². The van der Waals surface area contributed by atoms with Gasteiger partial charge in [0.2, 0.25) is 11.8 Å². The Morgan fingerprint density at radius 1 is 0.949 bits per heavy atom. The van der Waals surface area contributed by atoms with E-state index in [1.807, 2.05) is 92.7 Å². The van der Waals surface area contributed by atoms with Gasteiger partial charge in [0.15, 0.2) is 0 Å². The van der Waals surface area contributed by atoms with Gasteiger partial charge < -0.3 is 19.7 Å². The molecule has 204 valence electrons. The van der Waals surface area contributed by atoms with Crippen LogP contribution >= 0.6 is 0 Å². The number of nitrogens with zero attached hydrogens (tertiary/aromatic N) is 4. The van der Waals surface area contributed by atoms with Gasteiger partial charge in [0, 0.05) is 31.9 Å². The van der Waals surface area contributed by atoms with E-state index < -0.39 is 6.04 Å². The fraction of sp³-hybridized carbons (Fsp3) is 0.333. The van der Waals surface area contributed by atoms with Gasteiger partial charge in [0.1, 0.15) is 23.9 Å². The van der Waals surface area contributed by atoms with E-state index in [-0.39, 0.29) is 18.4 Å². The first-order chi connectivity index (χ1) is 19.1. The van der Waals surface area contributed by atoms with Gasteiger partial charge >= 0.3 is 0 Å². The lowest BCUT2D eigenvalue weighted by molar-refractivity contribution is -0.141. The maximum atomic E-state index is 14.0. The summed E-state index contributed by atoms with van der Waals surface area (Å²) < 4.78 is 13.0. The molecule has 0 radical (unpaired) electrons. The summed E-state index contributed by atoms with van der Waals surface area (Å²) in [6, 6.07) is 23.6. The van der Waals surface area contributed by atoms with E-state index in [1.54, 1.807) is 9.58 Å². The second-order valence-corrected chi connectivity index (χ2v) is 8.95. The van der Waals surface area contributed by atoms with Crippen molar-refractivity contribution in [2.45, 2.75) is 39.4 Å². The molecule has 1 N–H and O–H groups in total. The van der Waals surface area contributed by atoms with Crippen LogP contribution in [-0.4, -0.2) is 58.1 Å². The minimum absolute atomic E-state index is 0.0611. The molecule has 0 aliphatic rings. The summed E-state index contributed by atoms with van der Waals surface area (Å²) in [5.41, 5.74) is 3.04. The van der Waals surface area contributed by atoms with Crippen LogP contribution in [0.3, 0.4) is 0 Å². The first-order valence-corrected chi connectivity index (χ1v) is 13.3. The summed E-state index contributed by atoms with van der Waals surface area (Å²) in [5.74, 6) is 0.0150. The van der Waals surface area contributed by atoms with Gasteiger partial charge in [-0.25, -0.2) is 4.68 Å². The van der Waals surface area contributed by atoms with Crippen molar-refractivity contribution in [2.75, 3.05) is 26.4 Å². The standard InChI is InChI=1S/C30H35N5O4/c1-3-38-20-12-19-34(28(36)22-35-26-17-10-9-16-25(26)32-33-35)29(24-15-8-11-18-27(24)39-4-2)30(37)31-21-23-13-6-5-7-14-23/h5-11,13-18,29H,3-4,12,19-22H2,1-2H3,(H,31,37)/t29-/m0/s1. The normalized spacial score (nSPS) is 11.7. The lowest BCUT2D eigenvalue weighted by atomic mass is 10.0. The maximum absolute atomic E-state index is 14.0. The van der Waals surface area contributed by atoms with Crippen molar-refractivity contribution in [3.8, 4) is 5.75 Å². The highest BCUT2D eigenvalue weighted by Crippen LogP contribution is 2.31. The number of benzene rings is 3. The molecule has 1 atom stereocenters. The van der Waals surface area contributed by atoms with Gasteiger partial charge in [-0.05, 0) is 44.0 Å². The maximum Gasteiger partial charge on any atom is 0.247 e. The summed E-state index contributed by atoms with van der Waals surface area (Å²) in [7, 11) is 0. The van der Waals surface area contributed by atoms with Crippen molar-refractivity contribution in [3.05, 3.63) is 90.0 Å². The Bertz CT molecular complexity index is 1360. The molecule has 4 aromatic rings. The topological polar surface area (TPSA) is 98.6 Å². The molecule has 0 spiro atoms. The number of fused-ring (bicyclic) bond motifs is 1. The van der Waals surface area contributed by atoms with Crippen LogP contribution in [0.5, 0.6) is 5.75 Å². The Morgan fingerprint density at radius 2 is 1.69 bits per heavy atom. The number of carbonyl (C=O) groups is 2. The molecule has 2 amide bonds. The van der Waals surface area contributed by atoms with Crippen LogP contribution in [0, 0.1) is 0 Å². The van der Waals surface area contributed by atoms with Crippen molar-refractivity contribution in [2.24, 2.45) is 0 Å². The SMILES string of the molecule is CCOCCCN(C(=O)Cn1nnc2ccccc21)[C@H](C(=O)NCc1ccccc1)c1ccccc1OCC. The highest BCUT2D eigenvalue weighted by Gasteiger charge is 2.33. The van der Waals surface area contributed by atoms with Gasteiger partial charge in [-0.15, -0.1) is 5.10 Å². The van der Waals surface area contributed by atoms with Crippen LogP contribution in [0.15, 0.2) is 78.9 Å². The number of amides is 2. The third kappa shape index (κ3) is 7.20. The predicted molar refractivity (Wildman–Crippen MR) is 149 cm³/mol. The minimum Gasteiger partial charge on any atom is -0.494 e. The third-order valence-electron chi connectivity index (χ3n) is 6.30. The zero-order valence-electron chi connectivity index (χ0n) is 22.5. The van der Waals surface area contributed by atoms with Crippen LogP contribution in [0.4, 0.5) is 0 Å². The lowest BCUT2D eigenvalue weighted by Crippen LogP contribution is -2.45. The molecule has 0 saturated heterocycles. The quantitative estimate of drug-likeness (QED) is 0.247. The molecule has 0 fully saturated rings. The van der Waals surface area contributed by atoms with Crippen molar-refractivity contribution in [3.63, 3.8) is 0 Å². The van der Waals surface area contributed by atoms with Crippen molar-refractivity contribution in [1.82, 2.24) is 25.2 Å². The van der Waals surface area contributed by atoms with E-state index in [4.69, 9.17) is 9.47 Å². The monoisotopic (exact) mass is 529 g/mol. The fourth-order valence-corrected chi connectivity index (χ4v) is 4.46. The molecule has 0 unspecified atom stereocenters. The molecule has 9 nitrogen and oxygen atoms in total. The average molecular weight is 530 g/mol. The van der Waals surface area contributed by atoms with Crippen molar-refractivity contribution in [1.29, 1.82) is 0 Å². The highest BCUT2D eigenvalue weighted by atomic mass is 16.5. The van der Waals surface area contributed by atoms with E-state index in [0.29, 0.717) is 56.2 Å². The Balaban J connectivity index is 1.68. The van der Waals surface area contributed by atoms with Gasteiger partial charge in [-0.3, -0.25) is 9.59 Å². The number of ether oxygens (including phenoxy) is 2. The fourth-order valence-electron chi connectivity index (χ4n) is 4.46. The Labute approximate surface area is 228 Å². The van der Waals surface area contributed by atoms with E-state index in [9.17, 15) is 9.59 Å². The van der Waals surface area contributed by atoms with Crippen LogP contribution in [0.2, 0.25) is 0 Å².